The lowest BCUT2D eigenvalue weighted by Crippen LogP contribution is -2.64. The Labute approximate surface area is 292 Å². The molecule has 0 spiro atoms. The normalized spacial score (nSPS) is 22.2. The number of hydrogen-bond acceptors (Lipinski definition) is 7. The lowest BCUT2D eigenvalue weighted by atomic mass is 9.72. The second-order valence-corrected chi connectivity index (χ2v) is 18.3. The van der Waals surface area contributed by atoms with Crippen molar-refractivity contribution in [2.24, 2.45) is 11.8 Å². The van der Waals surface area contributed by atoms with Crippen molar-refractivity contribution in [2.75, 3.05) is 18.8 Å². The molecule has 1 saturated heterocycles. The number of likely N-dealkylation sites (tertiary alicyclic amines) is 1. The Bertz CT molecular complexity index is 1530. The Morgan fingerprint density at radius 1 is 0.898 bits per heavy atom. The fourth-order valence-corrected chi connectivity index (χ4v) is 8.59. The molecule has 2 fully saturated rings. The van der Waals surface area contributed by atoms with E-state index in [0.29, 0.717) is 24.8 Å². The molecule has 2 unspecified atom stereocenters. The van der Waals surface area contributed by atoms with Crippen molar-refractivity contribution in [1.29, 1.82) is 0 Å². The molecule has 4 rings (SSSR count). The summed E-state index contributed by atoms with van der Waals surface area (Å²) in [6.45, 7) is 11.1. The molecule has 11 heteroatoms. The van der Waals surface area contributed by atoms with Crippen molar-refractivity contribution >= 4 is 27.6 Å². The van der Waals surface area contributed by atoms with Gasteiger partial charge in [0.1, 0.15) is 6.04 Å². The number of rotatable bonds is 13. The first-order chi connectivity index (χ1) is 23.0. The third-order valence-electron chi connectivity index (χ3n) is 10.3. The maximum Gasteiger partial charge on any atom is 0.251 e. The van der Waals surface area contributed by atoms with Crippen molar-refractivity contribution in [3.8, 4) is 0 Å². The Morgan fingerprint density at radius 2 is 1.49 bits per heavy atom. The highest BCUT2D eigenvalue weighted by Crippen LogP contribution is 2.39. The number of nitrogens with zero attached hydrogens (tertiary/aromatic N) is 1. The van der Waals surface area contributed by atoms with Gasteiger partial charge < -0.3 is 21.1 Å². The summed E-state index contributed by atoms with van der Waals surface area (Å²) in [4.78, 5) is 43.3. The minimum Gasteiger partial charge on any atom is -0.390 e. The maximum absolute atomic E-state index is 14.3. The van der Waals surface area contributed by atoms with Crippen molar-refractivity contribution < 1.29 is 27.9 Å². The first kappa shape index (κ1) is 38.5. The fraction of sp³-hybridized carbons (Fsp3) is 0.605. The molecular weight excluding hydrogens is 641 g/mol. The smallest absolute Gasteiger partial charge is 0.251 e. The third-order valence-corrected chi connectivity index (χ3v) is 12.9. The summed E-state index contributed by atoms with van der Waals surface area (Å²) in [5.41, 5.74) is 0.737. The van der Waals surface area contributed by atoms with Gasteiger partial charge in [0.25, 0.3) is 5.91 Å². The van der Waals surface area contributed by atoms with Crippen LogP contribution in [0, 0.1) is 11.8 Å². The third kappa shape index (κ3) is 9.92. The van der Waals surface area contributed by atoms with E-state index in [1.165, 1.54) is 20.8 Å². The van der Waals surface area contributed by atoms with E-state index in [9.17, 15) is 27.9 Å². The van der Waals surface area contributed by atoms with Crippen LogP contribution in [0.2, 0.25) is 0 Å². The molecule has 3 amide bonds. The fourth-order valence-electron chi connectivity index (χ4n) is 7.32. The molecule has 1 aliphatic heterocycles. The largest absolute Gasteiger partial charge is 0.390 e. The number of fused-ring (bicyclic) bond motifs is 1. The van der Waals surface area contributed by atoms with Gasteiger partial charge in [0.15, 0.2) is 9.84 Å². The van der Waals surface area contributed by atoms with Crippen molar-refractivity contribution in [3.63, 3.8) is 0 Å². The topological polar surface area (TPSA) is 145 Å². The monoisotopic (exact) mass is 696 g/mol. The molecule has 1 heterocycles. The molecule has 2 aliphatic rings. The lowest BCUT2D eigenvalue weighted by molar-refractivity contribution is -0.133. The maximum atomic E-state index is 14.3. The van der Waals surface area contributed by atoms with Crippen LogP contribution in [0.3, 0.4) is 0 Å². The average molecular weight is 697 g/mol. The highest BCUT2D eigenvalue weighted by atomic mass is 32.2. The summed E-state index contributed by atoms with van der Waals surface area (Å²) < 4.78 is 25.0. The Kier molecular flexibility index (Phi) is 12.7. The first-order valence-electron chi connectivity index (χ1n) is 17.7. The van der Waals surface area contributed by atoms with Crippen LogP contribution in [0.25, 0.3) is 0 Å². The summed E-state index contributed by atoms with van der Waals surface area (Å²) in [7, 11) is -3.84. The van der Waals surface area contributed by atoms with Crippen LogP contribution in [0.4, 0.5) is 0 Å². The summed E-state index contributed by atoms with van der Waals surface area (Å²) in [6.07, 6.45) is 4.35. The van der Waals surface area contributed by atoms with Gasteiger partial charge >= 0.3 is 0 Å². The molecule has 2 aromatic rings. The van der Waals surface area contributed by atoms with Gasteiger partial charge in [0, 0.05) is 29.9 Å². The molecular formula is C38H56N4O6S. The molecule has 0 bridgehead atoms. The molecule has 2 aromatic carbocycles. The average Bonchev–Trinajstić information content (AvgIpc) is 3.06. The van der Waals surface area contributed by atoms with E-state index in [-0.39, 0.29) is 30.2 Å². The molecule has 0 aromatic heterocycles. The second-order valence-electron chi connectivity index (χ2n) is 15.4. The zero-order valence-electron chi connectivity index (χ0n) is 29.9. The minimum absolute atomic E-state index is 0.0671. The molecule has 49 heavy (non-hydrogen) atoms. The number of β-amino-alcohol motifs (C(OH)–C–C–N with tert-alkyl or cyclic N) is 1. The van der Waals surface area contributed by atoms with Crippen LogP contribution < -0.4 is 16.0 Å². The van der Waals surface area contributed by atoms with Gasteiger partial charge in [-0.2, -0.15) is 0 Å². The molecule has 4 N–H and O–H groups in total. The number of hydrogen-bond donors (Lipinski definition) is 4. The van der Waals surface area contributed by atoms with Crippen molar-refractivity contribution in [2.45, 2.75) is 115 Å². The highest BCUT2D eigenvalue weighted by molar-refractivity contribution is 7.92. The molecule has 6 atom stereocenters. The Balaban J connectivity index is 1.64. The van der Waals surface area contributed by atoms with Gasteiger partial charge in [-0.1, -0.05) is 74.7 Å². The van der Waals surface area contributed by atoms with Crippen LogP contribution in [0.15, 0.2) is 60.7 Å². The van der Waals surface area contributed by atoms with Crippen LogP contribution in [-0.4, -0.2) is 89.5 Å². The van der Waals surface area contributed by atoms with Gasteiger partial charge in [-0.05, 0) is 83.4 Å². The van der Waals surface area contributed by atoms with E-state index in [1.54, 1.807) is 30.3 Å². The number of aliphatic hydroxyl groups is 1. The molecule has 1 aliphatic carbocycles. The van der Waals surface area contributed by atoms with E-state index >= 15 is 0 Å². The zero-order chi connectivity index (χ0) is 36.0. The second kappa shape index (κ2) is 16.2. The number of amides is 3. The predicted molar refractivity (Wildman–Crippen MR) is 193 cm³/mol. The number of nitrogens with one attached hydrogen (secondary N) is 3. The summed E-state index contributed by atoms with van der Waals surface area (Å²) in [5.74, 6) is -0.699. The zero-order valence-corrected chi connectivity index (χ0v) is 30.8. The molecule has 270 valence electrons. The molecule has 0 radical (unpaired) electrons. The predicted octanol–water partition coefficient (Wildman–Crippen LogP) is 3.88. The van der Waals surface area contributed by atoms with Crippen molar-refractivity contribution in [3.05, 3.63) is 71.8 Å². The van der Waals surface area contributed by atoms with Gasteiger partial charge in [-0.15, -0.1) is 0 Å². The van der Waals surface area contributed by atoms with Gasteiger partial charge in [0.05, 0.1) is 22.9 Å². The number of sulfone groups is 1. The standard InChI is InChI=1S/C38H56N4O6S/c1-7-49(47,48)38(5,6)33(40-34(44)27-18-12-9-13-19-27)36(46)39-30(22-26-16-10-8-11-17-26)32(43)25-42-24-29-21-15-14-20-28(29)23-31(42)35(45)41-37(2,3)4/h8-13,16-19,28-33,43H,7,14-15,20-25H2,1-6H3,(H,39,46)(H,40,44)(H,41,45)/t28?,29?,30-,31-,32+,33+/m0/s1. The lowest BCUT2D eigenvalue weighted by Gasteiger charge is -2.47. The quantitative estimate of drug-likeness (QED) is 0.249. The van der Waals surface area contributed by atoms with E-state index in [1.807, 2.05) is 51.1 Å². The number of piperidine rings is 1. The number of carbonyl (C=O) groups is 3. The van der Waals surface area contributed by atoms with E-state index in [0.717, 1.165) is 31.2 Å². The van der Waals surface area contributed by atoms with Crippen molar-refractivity contribution in [1.82, 2.24) is 20.9 Å². The SMILES string of the molecule is CCS(=O)(=O)C(C)(C)[C@H](NC(=O)c1ccccc1)C(=O)N[C@@H](Cc1ccccc1)[C@H](O)CN1CC2CCCCC2C[C@H]1C(=O)NC(C)(C)C. The number of benzene rings is 2. The number of carbonyl (C=O) groups excluding carboxylic acids is 3. The Morgan fingerprint density at radius 3 is 2.08 bits per heavy atom. The van der Waals surface area contributed by atoms with Gasteiger partial charge in [-0.3, -0.25) is 19.3 Å². The summed E-state index contributed by atoms with van der Waals surface area (Å²) in [5, 5.41) is 20.8. The minimum atomic E-state index is -3.84. The van der Waals surface area contributed by atoms with Gasteiger partial charge in [0.2, 0.25) is 11.8 Å². The number of aliphatic hydroxyl groups excluding tert-OH is 1. The Hall–Kier alpha value is -3.28. The summed E-state index contributed by atoms with van der Waals surface area (Å²) in [6, 6.07) is 15.0. The van der Waals surface area contributed by atoms with E-state index < -0.39 is 56.2 Å². The first-order valence-corrected chi connectivity index (χ1v) is 19.3. The van der Waals surface area contributed by atoms with E-state index in [4.69, 9.17) is 0 Å². The van der Waals surface area contributed by atoms with Crippen LogP contribution in [0.5, 0.6) is 0 Å². The molecule has 1 saturated carbocycles. The van der Waals surface area contributed by atoms with Crippen LogP contribution >= 0.6 is 0 Å². The molecule has 10 nitrogen and oxygen atoms in total. The van der Waals surface area contributed by atoms with Crippen LogP contribution in [0.1, 0.15) is 89.6 Å². The van der Waals surface area contributed by atoms with Gasteiger partial charge in [-0.25, -0.2) is 8.42 Å². The van der Waals surface area contributed by atoms with Crippen LogP contribution in [-0.2, 0) is 25.8 Å². The van der Waals surface area contributed by atoms with E-state index in [2.05, 4.69) is 20.9 Å². The highest BCUT2D eigenvalue weighted by Gasteiger charge is 2.47. The summed E-state index contributed by atoms with van der Waals surface area (Å²) >= 11 is 0.